The van der Waals surface area contributed by atoms with Gasteiger partial charge in [0.05, 0.1) is 6.04 Å². The van der Waals surface area contributed by atoms with Crippen molar-refractivity contribution in [3.05, 3.63) is 65.2 Å². The van der Waals surface area contributed by atoms with Crippen LogP contribution in [0.1, 0.15) is 55.3 Å². The van der Waals surface area contributed by atoms with E-state index in [2.05, 4.69) is 26.0 Å². The topological polar surface area (TPSA) is 38.5 Å². The Morgan fingerprint density at radius 2 is 1.86 bits per heavy atom. The molecule has 2 N–H and O–H groups in total. The van der Waals surface area contributed by atoms with Gasteiger partial charge in [0.1, 0.15) is 5.75 Å². The van der Waals surface area contributed by atoms with Crippen LogP contribution in [0.4, 0.5) is 13.2 Å². The number of piperidine rings is 1. The molecule has 29 heavy (non-hydrogen) atoms. The highest BCUT2D eigenvalue weighted by atomic mass is 19.4. The molecule has 0 saturated carbocycles. The number of alkyl halides is 3. The first kappa shape index (κ1) is 21.7. The zero-order chi connectivity index (χ0) is 21.0. The summed E-state index contributed by atoms with van der Waals surface area (Å²) < 4.78 is 43.4. The van der Waals surface area contributed by atoms with Crippen LogP contribution in [-0.4, -0.2) is 24.3 Å². The van der Waals surface area contributed by atoms with Gasteiger partial charge >= 0.3 is 6.18 Å². The maximum absolute atomic E-state index is 12.7. The van der Waals surface area contributed by atoms with E-state index >= 15 is 0 Å². The number of hydrogen-bond donors (Lipinski definition) is 1. The van der Waals surface area contributed by atoms with Crippen LogP contribution in [0.3, 0.4) is 0 Å². The number of rotatable bonds is 6. The van der Waals surface area contributed by atoms with Crippen LogP contribution in [0.2, 0.25) is 0 Å². The molecule has 0 amide bonds. The van der Waals surface area contributed by atoms with E-state index in [-0.39, 0.29) is 17.9 Å². The Bertz CT molecular complexity index is 792. The highest BCUT2D eigenvalue weighted by molar-refractivity contribution is 5.39. The third-order valence-electron chi connectivity index (χ3n) is 5.56. The van der Waals surface area contributed by atoms with Crippen LogP contribution in [0.25, 0.3) is 0 Å². The Morgan fingerprint density at radius 3 is 2.52 bits per heavy atom. The molecule has 1 aliphatic rings. The van der Waals surface area contributed by atoms with E-state index in [1.807, 2.05) is 35.3 Å². The van der Waals surface area contributed by atoms with E-state index in [4.69, 9.17) is 10.6 Å². The van der Waals surface area contributed by atoms with Crippen molar-refractivity contribution >= 4 is 0 Å². The van der Waals surface area contributed by atoms with E-state index in [1.54, 1.807) is 6.07 Å². The summed E-state index contributed by atoms with van der Waals surface area (Å²) in [6.45, 7) is 3.67. The average molecular weight is 406 g/mol. The van der Waals surface area contributed by atoms with Crippen LogP contribution in [-0.2, 0) is 6.42 Å². The van der Waals surface area contributed by atoms with Gasteiger partial charge in [-0.25, -0.2) is 5.01 Å². The number of ether oxygens (including phenoxy) is 1. The van der Waals surface area contributed by atoms with Gasteiger partial charge in [-0.15, -0.1) is 0 Å². The zero-order valence-electron chi connectivity index (χ0n) is 17.0. The third-order valence-corrected chi connectivity index (χ3v) is 5.56. The molecule has 2 aromatic carbocycles. The summed E-state index contributed by atoms with van der Waals surface area (Å²) in [5.74, 6) is 7.14. The van der Waals surface area contributed by atoms with Gasteiger partial charge in [-0.2, -0.15) is 13.2 Å². The first-order valence-corrected chi connectivity index (χ1v) is 10.1. The summed E-state index contributed by atoms with van der Waals surface area (Å²) in [5, 5.41) is 1.87. The molecule has 0 bridgehead atoms. The van der Waals surface area contributed by atoms with Gasteiger partial charge < -0.3 is 4.74 Å². The normalized spacial score (nSPS) is 20.8. The van der Waals surface area contributed by atoms with Crippen LogP contribution in [0.5, 0.6) is 5.75 Å². The summed E-state index contributed by atoms with van der Waals surface area (Å²) in [5.41, 5.74) is 3.05. The molecule has 1 fully saturated rings. The van der Waals surface area contributed by atoms with Crippen molar-refractivity contribution in [1.29, 1.82) is 0 Å². The van der Waals surface area contributed by atoms with Gasteiger partial charge in [0.25, 0.3) is 0 Å². The van der Waals surface area contributed by atoms with E-state index in [0.29, 0.717) is 12.2 Å². The minimum atomic E-state index is -4.36. The molecule has 2 atom stereocenters. The van der Waals surface area contributed by atoms with Crippen molar-refractivity contribution in [1.82, 2.24) is 5.01 Å². The summed E-state index contributed by atoms with van der Waals surface area (Å²) in [6, 6.07) is 15.6. The number of hydrogen-bond acceptors (Lipinski definition) is 3. The first-order valence-electron chi connectivity index (χ1n) is 10.1. The molecule has 1 aliphatic heterocycles. The lowest BCUT2D eigenvalue weighted by Crippen LogP contribution is -2.44. The molecule has 0 unspecified atom stereocenters. The quantitative estimate of drug-likeness (QED) is 0.633. The number of benzene rings is 2. The van der Waals surface area contributed by atoms with Gasteiger partial charge in [-0.1, -0.05) is 56.3 Å². The highest BCUT2D eigenvalue weighted by Crippen LogP contribution is 2.38. The maximum Gasteiger partial charge on any atom is 0.422 e. The molecule has 3 rings (SSSR count). The van der Waals surface area contributed by atoms with Crippen LogP contribution in [0.15, 0.2) is 48.5 Å². The van der Waals surface area contributed by atoms with Crippen LogP contribution in [0, 0.1) is 5.92 Å². The van der Waals surface area contributed by atoms with Crippen molar-refractivity contribution in [3.63, 3.8) is 0 Å². The number of nitrogens with zero attached hydrogens (tertiary/aromatic N) is 1. The lowest BCUT2D eigenvalue weighted by atomic mass is 9.81. The molecule has 1 saturated heterocycles. The van der Waals surface area contributed by atoms with E-state index in [9.17, 15) is 13.2 Å². The van der Waals surface area contributed by atoms with Crippen molar-refractivity contribution in [2.24, 2.45) is 11.8 Å². The second kappa shape index (κ2) is 9.18. The Balaban J connectivity index is 1.90. The number of hydrazine groups is 1. The second-order valence-corrected chi connectivity index (χ2v) is 8.13. The van der Waals surface area contributed by atoms with Gasteiger partial charge in [0.15, 0.2) is 6.61 Å². The standard InChI is InChI=1S/C23H29F3N2O/c1-16(2)18-10-11-21(29-15-23(24,25)26)20(13-18)14-19-9-6-12-28(27)22(19)17-7-4-3-5-8-17/h3-5,7-8,10-11,13,16,19,22H,6,9,12,14-15,27H2,1-2H3/t19-,22+/m0/s1. The number of nitrogens with two attached hydrogens (primary N) is 1. The minimum absolute atomic E-state index is 0.0307. The van der Waals surface area contributed by atoms with Crippen LogP contribution < -0.4 is 10.6 Å². The van der Waals surface area contributed by atoms with E-state index in [1.165, 1.54) is 0 Å². The summed E-state index contributed by atoms with van der Waals surface area (Å²) in [7, 11) is 0. The fraction of sp³-hybridized carbons (Fsp3) is 0.478. The molecule has 2 aromatic rings. The lowest BCUT2D eigenvalue weighted by molar-refractivity contribution is -0.153. The number of halogens is 3. The van der Waals surface area contributed by atoms with Crippen LogP contribution >= 0.6 is 0 Å². The molecule has 0 aliphatic carbocycles. The van der Waals surface area contributed by atoms with Gasteiger partial charge in [0.2, 0.25) is 0 Å². The monoisotopic (exact) mass is 406 g/mol. The molecule has 0 spiro atoms. The molecule has 0 radical (unpaired) electrons. The van der Waals surface area contributed by atoms with Crippen molar-refractivity contribution in [3.8, 4) is 5.75 Å². The Labute approximate surface area is 170 Å². The lowest BCUT2D eigenvalue weighted by Gasteiger charge is -2.39. The molecule has 3 nitrogen and oxygen atoms in total. The van der Waals surface area contributed by atoms with E-state index in [0.717, 1.165) is 36.1 Å². The van der Waals surface area contributed by atoms with Crippen molar-refractivity contribution < 1.29 is 17.9 Å². The van der Waals surface area contributed by atoms with E-state index < -0.39 is 12.8 Å². The largest absolute Gasteiger partial charge is 0.484 e. The third kappa shape index (κ3) is 5.73. The predicted molar refractivity (Wildman–Crippen MR) is 109 cm³/mol. The molecule has 6 heteroatoms. The summed E-state index contributed by atoms with van der Waals surface area (Å²) in [6.07, 6.45) is -1.80. The highest BCUT2D eigenvalue weighted by Gasteiger charge is 2.33. The SMILES string of the molecule is CC(C)c1ccc(OCC(F)(F)F)c(C[C@@H]2CCCN(N)[C@@H]2c2ccccc2)c1. The summed E-state index contributed by atoms with van der Waals surface area (Å²) in [4.78, 5) is 0. The minimum Gasteiger partial charge on any atom is -0.484 e. The average Bonchev–Trinajstić information content (AvgIpc) is 2.67. The maximum atomic E-state index is 12.7. The van der Waals surface area contributed by atoms with Gasteiger partial charge in [-0.05, 0) is 53.9 Å². The van der Waals surface area contributed by atoms with Crippen molar-refractivity contribution in [2.45, 2.75) is 51.2 Å². The molecule has 1 heterocycles. The second-order valence-electron chi connectivity index (χ2n) is 8.13. The first-order chi connectivity index (χ1) is 13.7. The summed E-state index contributed by atoms with van der Waals surface area (Å²) >= 11 is 0. The zero-order valence-corrected chi connectivity index (χ0v) is 17.0. The Morgan fingerprint density at radius 1 is 1.14 bits per heavy atom. The Hall–Kier alpha value is -2.05. The van der Waals surface area contributed by atoms with Gasteiger partial charge in [0, 0.05) is 6.54 Å². The fourth-order valence-corrected chi connectivity index (χ4v) is 4.13. The Kier molecular flexibility index (Phi) is 6.85. The smallest absolute Gasteiger partial charge is 0.422 e. The van der Waals surface area contributed by atoms with Gasteiger partial charge in [-0.3, -0.25) is 5.84 Å². The predicted octanol–water partition coefficient (Wildman–Crippen LogP) is 5.62. The van der Waals surface area contributed by atoms with Crippen molar-refractivity contribution in [2.75, 3.05) is 13.2 Å². The molecular formula is C23H29F3N2O. The molecule has 158 valence electrons. The molecule has 0 aromatic heterocycles. The fourth-order valence-electron chi connectivity index (χ4n) is 4.13. The molecular weight excluding hydrogens is 377 g/mol.